The maximum Gasteiger partial charge on any atom is 0.343 e. The molecular weight excluding hydrogens is 262 g/mol. The molecule has 0 atom stereocenters. The van der Waals surface area contributed by atoms with Gasteiger partial charge in [0, 0.05) is 11.3 Å². The third-order valence-corrected chi connectivity index (χ3v) is 3.43. The minimum Gasteiger partial charge on any atom is -0.462 e. The lowest BCUT2D eigenvalue weighted by molar-refractivity contribution is 0.0526. The molecule has 2 aromatic rings. The monoisotopic (exact) mass is 277 g/mol. The molecule has 0 radical (unpaired) electrons. The van der Waals surface area contributed by atoms with E-state index in [2.05, 4.69) is 9.97 Å². The number of nitrogen functional groups attached to an aromatic ring is 1. The topological polar surface area (TPSA) is 78.1 Å². The summed E-state index contributed by atoms with van der Waals surface area (Å²) in [6, 6.07) is 3.99. The van der Waals surface area contributed by atoms with Crippen LogP contribution < -0.4 is 5.73 Å². The Bertz CT molecular complexity index is 559. The van der Waals surface area contributed by atoms with Gasteiger partial charge in [-0.05, 0) is 25.3 Å². The van der Waals surface area contributed by atoms with Crippen molar-refractivity contribution in [3.8, 4) is 0 Å². The molecule has 100 valence electrons. The van der Waals surface area contributed by atoms with E-state index in [9.17, 15) is 4.79 Å². The molecular formula is C13H15N3O2S. The number of aryl methyl sites for hydroxylation is 1. The number of nitrogens with zero attached hydrogens (tertiary/aromatic N) is 2. The Kier molecular flexibility index (Phi) is 4.11. The first-order valence-electron chi connectivity index (χ1n) is 5.94. The highest BCUT2D eigenvalue weighted by molar-refractivity contribution is 7.09. The molecule has 2 rings (SSSR count). The minimum absolute atomic E-state index is 0.178. The number of rotatable bonds is 4. The summed E-state index contributed by atoms with van der Waals surface area (Å²) >= 11 is 1.64. The third-order valence-electron chi connectivity index (χ3n) is 2.56. The molecule has 0 saturated heterocycles. The highest BCUT2D eigenvalue weighted by Gasteiger charge is 2.18. The molecule has 0 aliphatic carbocycles. The first kappa shape index (κ1) is 13.5. The number of carbonyl (C=O) groups excluding carboxylic acids is 1. The first-order valence-corrected chi connectivity index (χ1v) is 6.82. The van der Waals surface area contributed by atoms with E-state index in [1.807, 2.05) is 17.5 Å². The van der Waals surface area contributed by atoms with Crippen LogP contribution in [0.4, 0.5) is 5.82 Å². The number of nitrogens with two attached hydrogens (primary N) is 1. The smallest absolute Gasteiger partial charge is 0.343 e. The van der Waals surface area contributed by atoms with E-state index in [4.69, 9.17) is 10.5 Å². The summed E-state index contributed by atoms with van der Waals surface area (Å²) in [5.41, 5.74) is 6.65. The molecule has 0 bridgehead atoms. The number of ether oxygens (including phenoxy) is 1. The van der Waals surface area contributed by atoms with Crippen LogP contribution in [-0.2, 0) is 11.2 Å². The molecule has 2 N–H and O–H groups in total. The van der Waals surface area contributed by atoms with Crippen molar-refractivity contribution < 1.29 is 9.53 Å². The van der Waals surface area contributed by atoms with Crippen LogP contribution in [0.25, 0.3) is 0 Å². The van der Waals surface area contributed by atoms with Crippen LogP contribution in [0.1, 0.15) is 33.7 Å². The summed E-state index contributed by atoms with van der Waals surface area (Å²) in [5, 5.41) is 2.00. The largest absolute Gasteiger partial charge is 0.462 e. The van der Waals surface area contributed by atoms with Gasteiger partial charge in [0.25, 0.3) is 0 Å². The van der Waals surface area contributed by atoms with Crippen LogP contribution in [0.3, 0.4) is 0 Å². The van der Waals surface area contributed by atoms with Crippen molar-refractivity contribution in [1.82, 2.24) is 9.97 Å². The SMILES string of the molecule is CCOC(=O)c1c(C)nc(Cc2cccs2)nc1N. The zero-order valence-corrected chi connectivity index (χ0v) is 11.7. The van der Waals surface area contributed by atoms with Gasteiger partial charge in [-0.3, -0.25) is 0 Å². The van der Waals surface area contributed by atoms with Crippen molar-refractivity contribution >= 4 is 23.1 Å². The van der Waals surface area contributed by atoms with E-state index in [1.165, 1.54) is 0 Å². The number of hydrogen-bond donors (Lipinski definition) is 1. The normalized spacial score (nSPS) is 10.4. The summed E-state index contributed by atoms with van der Waals surface area (Å²) in [6.45, 7) is 3.78. The van der Waals surface area contributed by atoms with Crippen LogP contribution in [0.2, 0.25) is 0 Å². The van der Waals surface area contributed by atoms with Crippen LogP contribution >= 0.6 is 11.3 Å². The average molecular weight is 277 g/mol. The van der Waals surface area contributed by atoms with E-state index in [0.717, 1.165) is 4.88 Å². The zero-order chi connectivity index (χ0) is 13.8. The van der Waals surface area contributed by atoms with Gasteiger partial charge in [0.2, 0.25) is 0 Å². The summed E-state index contributed by atoms with van der Waals surface area (Å²) < 4.78 is 4.94. The summed E-state index contributed by atoms with van der Waals surface area (Å²) in [5.74, 6) is 0.322. The van der Waals surface area contributed by atoms with Crippen LogP contribution in [0, 0.1) is 6.92 Å². The third kappa shape index (κ3) is 3.08. The zero-order valence-electron chi connectivity index (χ0n) is 10.8. The molecule has 0 aliphatic rings. The van der Waals surface area contributed by atoms with Crippen molar-refractivity contribution in [2.75, 3.05) is 12.3 Å². The number of carbonyl (C=O) groups is 1. The summed E-state index contributed by atoms with van der Waals surface area (Å²) in [6.07, 6.45) is 0.617. The lowest BCUT2D eigenvalue weighted by Gasteiger charge is -2.09. The maximum atomic E-state index is 11.7. The molecule has 2 heterocycles. The van der Waals surface area contributed by atoms with Crippen LogP contribution in [0.5, 0.6) is 0 Å². The van der Waals surface area contributed by atoms with Crippen molar-refractivity contribution in [3.63, 3.8) is 0 Å². The van der Waals surface area contributed by atoms with Crippen molar-refractivity contribution in [2.45, 2.75) is 20.3 Å². The highest BCUT2D eigenvalue weighted by atomic mass is 32.1. The lowest BCUT2D eigenvalue weighted by Crippen LogP contribution is -2.14. The Balaban J connectivity index is 2.28. The number of aromatic nitrogens is 2. The van der Waals surface area contributed by atoms with Gasteiger partial charge in [0.15, 0.2) is 0 Å². The number of anilines is 1. The predicted molar refractivity (Wildman–Crippen MR) is 74.3 cm³/mol. The van der Waals surface area contributed by atoms with Crippen LogP contribution in [-0.4, -0.2) is 22.5 Å². The fraction of sp³-hybridized carbons (Fsp3) is 0.308. The number of thiophene rings is 1. The fourth-order valence-corrected chi connectivity index (χ4v) is 2.46. The molecule has 6 heteroatoms. The average Bonchev–Trinajstić information content (AvgIpc) is 2.81. The van der Waals surface area contributed by atoms with Crippen molar-refractivity contribution in [2.24, 2.45) is 0 Å². The maximum absolute atomic E-state index is 11.7. The number of esters is 1. The quantitative estimate of drug-likeness (QED) is 0.867. The standard InChI is InChI=1S/C13H15N3O2S/c1-3-18-13(17)11-8(2)15-10(16-12(11)14)7-9-5-4-6-19-9/h4-6H,3,7H2,1-2H3,(H2,14,15,16). The van der Waals surface area contributed by atoms with Gasteiger partial charge in [-0.1, -0.05) is 6.07 Å². The van der Waals surface area contributed by atoms with Gasteiger partial charge >= 0.3 is 5.97 Å². The second kappa shape index (κ2) is 5.79. The Morgan fingerprint density at radius 2 is 2.26 bits per heavy atom. The molecule has 0 aromatic carbocycles. The van der Waals surface area contributed by atoms with Gasteiger partial charge in [-0.25, -0.2) is 14.8 Å². The minimum atomic E-state index is -0.472. The van der Waals surface area contributed by atoms with Crippen LogP contribution in [0.15, 0.2) is 17.5 Å². The first-order chi connectivity index (χ1) is 9.11. The molecule has 0 fully saturated rings. The van der Waals surface area contributed by atoms with E-state index in [-0.39, 0.29) is 11.4 Å². The summed E-state index contributed by atoms with van der Waals surface area (Å²) in [4.78, 5) is 21.4. The Morgan fingerprint density at radius 3 is 2.84 bits per heavy atom. The van der Waals surface area contributed by atoms with Crippen molar-refractivity contribution in [3.05, 3.63) is 39.5 Å². The van der Waals surface area contributed by atoms with Gasteiger partial charge in [0.05, 0.1) is 12.3 Å². The molecule has 0 unspecified atom stereocenters. The van der Waals surface area contributed by atoms with E-state index in [1.54, 1.807) is 25.2 Å². The second-order valence-electron chi connectivity index (χ2n) is 3.96. The molecule has 0 amide bonds. The Hall–Kier alpha value is -1.95. The second-order valence-corrected chi connectivity index (χ2v) is 4.99. The molecule has 5 nitrogen and oxygen atoms in total. The number of hydrogen-bond acceptors (Lipinski definition) is 6. The molecule has 0 spiro atoms. The van der Waals surface area contributed by atoms with Crippen molar-refractivity contribution in [1.29, 1.82) is 0 Å². The fourth-order valence-electron chi connectivity index (χ4n) is 1.76. The molecule has 2 aromatic heterocycles. The van der Waals surface area contributed by atoms with E-state index in [0.29, 0.717) is 24.5 Å². The highest BCUT2D eigenvalue weighted by Crippen LogP contribution is 2.18. The lowest BCUT2D eigenvalue weighted by atomic mass is 10.2. The Morgan fingerprint density at radius 1 is 1.47 bits per heavy atom. The molecule has 0 saturated carbocycles. The summed E-state index contributed by atoms with van der Waals surface area (Å²) in [7, 11) is 0. The molecule has 19 heavy (non-hydrogen) atoms. The van der Waals surface area contributed by atoms with E-state index >= 15 is 0 Å². The molecule has 0 aliphatic heterocycles. The van der Waals surface area contributed by atoms with Gasteiger partial charge in [-0.2, -0.15) is 0 Å². The van der Waals surface area contributed by atoms with E-state index < -0.39 is 5.97 Å². The van der Waals surface area contributed by atoms with Gasteiger partial charge < -0.3 is 10.5 Å². The predicted octanol–water partition coefficient (Wildman–Crippen LogP) is 2.20. The Labute approximate surface area is 115 Å². The van der Waals surface area contributed by atoms with Gasteiger partial charge in [0.1, 0.15) is 17.2 Å². The van der Waals surface area contributed by atoms with Gasteiger partial charge in [-0.15, -0.1) is 11.3 Å².